The van der Waals surface area contributed by atoms with Crippen LogP contribution in [-0.2, 0) is 24.2 Å². The summed E-state index contributed by atoms with van der Waals surface area (Å²) < 4.78 is 10.9. The first-order valence-corrected chi connectivity index (χ1v) is 11.1. The number of rotatable bonds is 8. The molecule has 1 aliphatic heterocycles. The molecule has 31 heavy (non-hydrogen) atoms. The Balaban J connectivity index is 1.65. The maximum Gasteiger partial charge on any atom is 0.240 e. The van der Waals surface area contributed by atoms with Crippen molar-refractivity contribution in [1.29, 1.82) is 0 Å². The number of hydrogen-bond acceptors (Lipinski definition) is 4. The second-order valence-electron chi connectivity index (χ2n) is 9.33. The maximum absolute atomic E-state index is 13.5. The molecule has 5 nitrogen and oxygen atoms in total. The molecular formula is C26H36N2O3. The number of carbonyl (C=O) groups is 1. The van der Waals surface area contributed by atoms with E-state index in [1.54, 1.807) is 14.2 Å². The maximum atomic E-state index is 13.5. The summed E-state index contributed by atoms with van der Waals surface area (Å²) in [5.74, 6) is 1.63. The minimum atomic E-state index is -0.218. The van der Waals surface area contributed by atoms with Gasteiger partial charge in [0.25, 0.3) is 0 Å². The van der Waals surface area contributed by atoms with Crippen LogP contribution in [0.4, 0.5) is 0 Å². The van der Waals surface area contributed by atoms with Gasteiger partial charge < -0.3 is 19.7 Å². The second-order valence-corrected chi connectivity index (χ2v) is 9.33. The van der Waals surface area contributed by atoms with E-state index in [1.807, 2.05) is 23.1 Å². The molecule has 0 aromatic heterocycles. The Morgan fingerprint density at radius 2 is 1.71 bits per heavy atom. The minimum absolute atomic E-state index is 0.165. The zero-order valence-corrected chi connectivity index (χ0v) is 19.5. The van der Waals surface area contributed by atoms with Crippen molar-refractivity contribution in [1.82, 2.24) is 10.2 Å². The zero-order chi connectivity index (χ0) is 22.4. The Morgan fingerprint density at radius 3 is 2.32 bits per heavy atom. The van der Waals surface area contributed by atoms with Crippen LogP contribution in [0.15, 0.2) is 42.5 Å². The van der Waals surface area contributed by atoms with Gasteiger partial charge in [-0.1, -0.05) is 51.1 Å². The Bertz CT molecular complexity index is 874. The highest BCUT2D eigenvalue weighted by Gasteiger charge is 2.35. The van der Waals surface area contributed by atoms with E-state index in [2.05, 4.69) is 50.4 Å². The van der Waals surface area contributed by atoms with Gasteiger partial charge in [-0.05, 0) is 60.0 Å². The molecule has 1 atom stereocenters. The van der Waals surface area contributed by atoms with Crippen molar-refractivity contribution in [3.05, 3.63) is 59.2 Å². The van der Waals surface area contributed by atoms with Crippen LogP contribution in [0.2, 0.25) is 0 Å². The lowest BCUT2D eigenvalue weighted by Gasteiger charge is -2.37. The highest BCUT2D eigenvalue weighted by atomic mass is 16.5. The standard InChI is InChI=1S/C26H36N2O3/c1-26(2,3)24(27-14-9-12-19-10-7-6-8-11-19)25(29)28-15-13-20-16-22(30-4)23(31-5)17-21(20)18-28/h6-8,10-11,16-17,24,27H,9,12-15,18H2,1-5H3/t24-/m1/s1. The lowest BCUT2D eigenvalue weighted by Crippen LogP contribution is -2.54. The molecule has 1 N–H and O–H groups in total. The Morgan fingerprint density at radius 1 is 1.06 bits per heavy atom. The molecule has 0 bridgehead atoms. The summed E-state index contributed by atoms with van der Waals surface area (Å²) in [6, 6.07) is 14.3. The SMILES string of the molecule is COc1cc2c(cc1OC)CN(C(=O)[C@@H](NCCCc1ccccc1)C(C)(C)C)CC2. The number of nitrogens with one attached hydrogen (secondary N) is 1. The number of carbonyl (C=O) groups excluding carboxylic acids is 1. The van der Waals surface area contributed by atoms with Crippen molar-refractivity contribution in [2.75, 3.05) is 27.3 Å². The smallest absolute Gasteiger partial charge is 0.240 e. The molecule has 1 heterocycles. The van der Waals surface area contributed by atoms with Gasteiger partial charge in [0.05, 0.1) is 20.3 Å². The molecule has 2 aromatic rings. The van der Waals surface area contributed by atoms with E-state index in [0.717, 1.165) is 43.7 Å². The largest absolute Gasteiger partial charge is 0.493 e. The average molecular weight is 425 g/mol. The van der Waals surface area contributed by atoms with Gasteiger partial charge >= 0.3 is 0 Å². The highest BCUT2D eigenvalue weighted by molar-refractivity contribution is 5.83. The monoisotopic (exact) mass is 424 g/mol. The van der Waals surface area contributed by atoms with Crippen molar-refractivity contribution in [2.45, 2.75) is 52.6 Å². The topological polar surface area (TPSA) is 50.8 Å². The van der Waals surface area contributed by atoms with E-state index in [1.165, 1.54) is 11.1 Å². The van der Waals surface area contributed by atoms with Crippen LogP contribution >= 0.6 is 0 Å². The summed E-state index contributed by atoms with van der Waals surface area (Å²) >= 11 is 0. The van der Waals surface area contributed by atoms with E-state index in [-0.39, 0.29) is 17.4 Å². The summed E-state index contributed by atoms with van der Waals surface area (Å²) in [5, 5.41) is 3.56. The predicted molar refractivity (Wildman–Crippen MR) is 125 cm³/mol. The van der Waals surface area contributed by atoms with Crippen LogP contribution in [0.1, 0.15) is 43.9 Å². The quantitative estimate of drug-likeness (QED) is 0.645. The van der Waals surface area contributed by atoms with E-state index in [9.17, 15) is 4.79 Å². The van der Waals surface area contributed by atoms with Crippen molar-refractivity contribution in [2.24, 2.45) is 5.41 Å². The van der Waals surface area contributed by atoms with Crippen LogP contribution in [0.5, 0.6) is 11.5 Å². The van der Waals surface area contributed by atoms with Crippen LogP contribution in [0, 0.1) is 5.41 Å². The average Bonchev–Trinajstić information content (AvgIpc) is 2.77. The van der Waals surface area contributed by atoms with Gasteiger partial charge in [-0.15, -0.1) is 0 Å². The lowest BCUT2D eigenvalue weighted by molar-refractivity contribution is -0.137. The van der Waals surface area contributed by atoms with E-state index < -0.39 is 0 Å². The predicted octanol–water partition coefficient (Wildman–Crippen LogP) is 4.23. The molecule has 0 unspecified atom stereocenters. The van der Waals surface area contributed by atoms with Crippen LogP contribution in [0.25, 0.3) is 0 Å². The highest BCUT2D eigenvalue weighted by Crippen LogP contribution is 2.34. The fourth-order valence-electron chi connectivity index (χ4n) is 4.20. The zero-order valence-electron chi connectivity index (χ0n) is 19.5. The number of ether oxygens (including phenoxy) is 2. The number of fused-ring (bicyclic) bond motifs is 1. The fraction of sp³-hybridized carbons (Fsp3) is 0.500. The number of methoxy groups -OCH3 is 2. The summed E-state index contributed by atoms with van der Waals surface area (Å²) in [7, 11) is 3.30. The number of benzene rings is 2. The number of amides is 1. The third-order valence-corrected chi connectivity index (χ3v) is 5.98. The van der Waals surface area contributed by atoms with Gasteiger partial charge in [0, 0.05) is 13.1 Å². The Labute approximate surface area is 186 Å². The lowest BCUT2D eigenvalue weighted by atomic mass is 9.85. The van der Waals surface area contributed by atoms with Crippen LogP contribution < -0.4 is 14.8 Å². The summed E-state index contributed by atoms with van der Waals surface area (Å²) in [4.78, 5) is 15.5. The normalized spacial score (nSPS) is 14.7. The Kier molecular flexibility index (Phi) is 7.60. The number of nitrogens with zero attached hydrogens (tertiary/aromatic N) is 1. The first-order chi connectivity index (χ1) is 14.8. The molecule has 168 valence electrons. The van der Waals surface area contributed by atoms with Gasteiger partial charge in [-0.3, -0.25) is 4.79 Å². The van der Waals surface area contributed by atoms with Gasteiger partial charge in [-0.25, -0.2) is 0 Å². The fourth-order valence-corrected chi connectivity index (χ4v) is 4.20. The molecule has 0 fully saturated rings. The molecule has 1 aliphatic rings. The first kappa shape index (κ1) is 23.1. The molecule has 5 heteroatoms. The molecule has 3 rings (SSSR count). The third kappa shape index (κ3) is 5.79. The molecule has 0 spiro atoms. The first-order valence-electron chi connectivity index (χ1n) is 11.1. The minimum Gasteiger partial charge on any atom is -0.493 e. The van der Waals surface area contributed by atoms with Gasteiger partial charge in [0.1, 0.15) is 0 Å². The molecule has 0 radical (unpaired) electrons. The number of aryl methyl sites for hydroxylation is 1. The molecule has 0 saturated heterocycles. The van der Waals surface area contributed by atoms with Gasteiger partial charge in [0.15, 0.2) is 11.5 Å². The van der Waals surface area contributed by atoms with Crippen LogP contribution in [-0.4, -0.2) is 44.2 Å². The van der Waals surface area contributed by atoms with Gasteiger partial charge in [-0.2, -0.15) is 0 Å². The summed E-state index contributed by atoms with van der Waals surface area (Å²) in [6.45, 7) is 8.53. The van der Waals surface area contributed by atoms with Crippen molar-refractivity contribution in [3.8, 4) is 11.5 Å². The van der Waals surface area contributed by atoms with Gasteiger partial charge in [0.2, 0.25) is 5.91 Å². The molecule has 1 amide bonds. The molecule has 0 saturated carbocycles. The number of hydrogen-bond donors (Lipinski definition) is 1. The Hall–Kier alpha value is -2.53. The third-order valence-electron chi connectivity index (χ3n) is 5.98. The van der Waals surface area contributed by atoms with E-state index >= 15 is 0 Å². The molecule has 2 aromatic carbocycles. The molecular weight excluding hydrogens is 388 g/mol. The summed E-state index contributed by atoms with van der Waals surface area (Å²) in [6.07, 6.45) is 2.84. The van der Waals surface area contributed by atoms with E-state index in [4.69, 9.17) is 9.47 Å². The molecule has 0 aliphatic carbocycles. The van der Waals surface area contributed by atoms with Crippen molar-refractivity contribution >= 4 is 5.91 Å². The van der Waals surface area contributed by atoms with Crippen molar-refractivity contribution in [3.63, 3.8) is 0 Å². The second kappa shape index (κ2) is 10.2. The van der Waals surface area contributed by atoms with Crippen molar-refractivity contribution < 1.29 is 14.3 Å². The van der Waals surface area contributed by atoms with E-state index in [0.29, 0.717) is 12.3 Å². The van der Waals surface area contributed by atoms with Crippen LogP contribution in [0.3, 0.4) is 0 Å². The summed E-state index contributed by atoms with van der Waals surface area (Å²) in [5.41, 5.74) is 3.53.